The molecule has 0 bridgehead atoms. The van der Waals surface area contributed by atoms with Crippen molar-refractivity contribution in [2.75, 3.05) is 0 Å². The largest absolute Gasteiger partial charge is 0.392 e. The first-order valence-electron chi connectivity index (χ1n) is 6.18. The van der Waals surface area contributed by atoms with Gasteiger partial charge < -0.3 is 5.11 Å². The molecule has 0 aliphatic carbocycles. The molecule has 0 amide bonds. The highest BCUT2D eigenvalue weighted by molar-refractivity contribution is 7.89. The minimum atomic E-state index is -3.55. The highest BCUT2D eigenvalue weighted by Crippen LogP contribution is 2.15. The molecule has 0 saturated carbocycles. The Morgan fingerprint density at radius 3 is 2.55 bits per heavy atom. The number of sulfonamides is 1. The molecule has 0 saturated heterocycles. The summed E-state index contributed by atoms with van der Waals surface area (Å²) in [6, 6.07) is 6.14. The van der Waals surface area contributed by atoms with Gasteiger partial charge in [-0.1, -0.05) is 19.1 Å². The van der Waals surface area contributed by atoms with Crippen LogP contribution in [0.3, 0.4) is 0 Å². The summed E-state index contributed by atoms with van der Waals surface area (Å²) < 4.78 is 26.7. The van der Waals surface area contributed by atoms with Crippen molar-refractivity contribution in [2.45, 2.75) is 31.4 Å². The van der Waals surface area contributed by atoms with Gasteiger partial charge in [0.25, 0.3) is 0 Å². The summed E-state index contributed by atoms with van der Waals surface area (Å²) in [5.74, 6) is 0. The van der Waals surface area contributed by atoms with Gasteiger partial charge in [0.15, 0.2) is 0 Å². The highest BCUT2D eigenvalue weighted by atomic mass is 32.2. The zero-order valence-electron chi connectivity index (χ0n) is 11.0. The van der Waals surface area contributed by atoms with Gasteiger partial charge in [0, 0.05) is 11.1 Å². The van der Waals surface area contributed by atoms with Gasteiger partial charge in [-0.2, -0.15) is 0 Å². The number of aromatic nitrogens is 1. The molecule has 0 atom stereocenters. The third kappa shape index (κ3) is 3.63. The van der Waals surface area contributed by atoms with Crippen LogP contribution in [-0.2, 0) is 29.6 Å². The first kappa shape index (κ1) is 15.1. The van der Waals surface area contributed by atoms with Crippen molar-refractivity contribution in [2.24, 2.45) is 0 Å². The molecule has 0 spiro atoms. The van der Waals surface area contributed by atoms with Crippen LogP contribution in [0, 0.1) is 0 Å². The number of nitrogens with one attached hydrogen (secondary N) is 1. The van der Waals surface area contributed by atoms with Crippen LogP contribution >= 0.6 is 11.3 Å². The predicted octanol–water partition coefficient (Wildman–Crippen LogP) is 1.68. The normalized spacial score (nSPS) is 11.7. The Labute approximate surface area is 122 Å². The maximum atomic E-state index is 12.1. The van der Waals surface area contributed by atoms with E-state index in [-0.39, 0.29) is 18.0 Å². The Morgan fingerprint density at radius 1 is 1.30 bits per heavy atom. The fourth-order valence-electron chi connectivity index (χ4n) is 1.61. The summed E-state index contributed by atoms with van der Waals surface area (Å²) in [5, 5.41) is 9.68. The molecule has 108 valence electrons. The van der Waals surface area contributed by atoms with E-state index in [2.05, 4.69) is 9.71 Å². The summed E-state index contributed by atoms with van der Waals surface area (Å²) in [4.78, 5) is 5.48. The molecule has 1 heterocycles. The fourth-order valence-corrected chi connectivity index (χ4v) is 3.49. The van der Waals surface area contributed by atoms with E-state index in [1.807, 2.05) is 6.92 Å². The van der Waals surface area contributed by atoms with Crippen molar-refractivity contribution in [1.29, 1.82) is 0 Å². The van der Waals surface area contributed by atoms with Crippen LogP contribution in [0.2, 0.25) is 0 Å². The lowest BCUT2D eigenvalue weighted by molar-refractivity contribution is 0.282. The quantitative estimate of drug-likeness (QED) is 0.850. The van der Waals surface area contributed by atoms with Gasteiger partial charge in [0.1, 0.15) is 5.01 Å². The van der Waals surface area contributed by atoms with E-state index in [1.54, 1.807) is 18.3 Å². The number of aliphatic hydroxyl groups is 1. The van der Waals surface area contributed by atoms with E-state index in [1.165, 1.54) is 23.5 Å². The Balaban J connectivity index is 2.06. The molecule has 0 aliphatic rings. The summed E-state index contributed by atoms with van der Waals surface area (Å²) in [7, 11) is -3.55. The monoisotopic (exact) mass is 312 g/mol. The number of rotatable bonds is 6. The van der Waals surface area contributed by atoms with Gasteiger partial charge in [-0.25, -0.2) is 18.1 Å². The van der Waals surface area contributed by atoms with Crippen molar-refractivity contribution < 1.29 is 13.5 Å². The lowest BCUT2D eigenvalue weighted by Gasteiger charge is -2.05. The molecule has 2 N–H and O–H groups in total. The van der Waals surface area contributed by atoms with Gasteiger partial charge >= 0.3 is 0 Å². The van der Waals surface area contributed by atoms with E-state index >= 15 is 0 Å². The second kappa shape index (κ2) is 6.45. The van der Waals surface area contributed by atoms with E-state index < -0.39 is 10.0 Å². The topological polar surface area (TPSA) is 79.3 Å². The van der Waals surface area contributed by atoms with Gasteiger partial charge in [0.05, 0.1) is 18.0 Å². The lowest BCUT2D eigenvalue weighted by Crippen LogP contribution is -2.23. The predicted molar refractivity (Wildman–Crippen MR) is 77.9 cm³/mol. The summed E-state index contributed by atoms with van der Waals surface area (Å²) in [5.41, 5.74) is 0.677. The number of hydrogen-bond donors (Lipinski definition) is 2. The van der Waals surface area contributed by atoms with Crippen molar-refractivity contribution in [3.05, 3.63) is 45.9 Å². The molecule has 2 aromatic rings. The van der Waals surface area contributed by atoms with Gasteiger partial charge in [0.2, 0.25) is 10.0 Å². The zero-order valence-corrected chi connectivity index (χ0v) is 12.7. The number of aryl methyl sites for hydroxylation is 1. The van der Waals surface area contributed by atoms with Crippen LogP contribution in [0.1, 0.15) is 22.4 Å². The molecule has 0 fully saturated rings. The Hall–Kier alpha value is -1.28. The number of aliphatic hydroxyl groups excluding tert-OH is 1. The van der Waals surface area contributed by atoms with Crippen molar-refractivity contribution >= 4 is 21.4 Å². The number of benzene rings is 1. The lowest BCUT2D eigenvalue weighted by atomic mass is 10.2. The Kier molecular flexibility index (Phi) is 4.87. The first-order valence-corrected chi connectivity index (χ1v) is 8.48. The molecule has 0 unspecified atom stereocenters. The molecule has 5 nitrogen and oxygen atoms in total. The maximum absolute atomic E-state index is 12.1. The third-order valence-electron chi connectivity index (χ3n) is 2.78. The standard InChI is InChI=1S/C13H16N2O3S2/c1-2-11-7-14-13(19-11)8-15-20(17,18)12-5-3-10(9-16)4-6-12/h3-7,15-16H,2,8-9H2,1H3. The van der Waals surface area contributed by atoms with Crippen molar-refractivity contribution in [3.63, 3.8) is 0 Å². The molecule has 1 aromatic carbocycles. The van der Waals surface area contributed by atoms with Crippen LogP contribution in [0.4, 0.5) is 0 Å². The highest BCUT2D eigenvalue weighted by Gasteiger charge is 2.14. The van der Waals surface area contributed by atoms with Gasteiger partial charge in [-0.3, -0.25) is 0 Å². The van der Waals surface area contributed by atoms with E-state index in [0.717, 1.165) is 16.3 Å². The SMILES string of the molecule is CCc1cnc(CNS(=O)(=O)c2ccc(CO)cc2)s1. The van der Waals surface area contributed by atoms with Crippen LogP contribution in [0.5, 0.6) is 0 Å². The smallest absolute Gasteiger partial charge is 0.240 e. The van der Waals surface area contributed by atoms with Crippen molar-refractivity contribution in [3.8, 4) is 0 Å². The van der Waals surface area contributed by atoms with Crippen LogP contribution < -0.4 is 4.72 Å². The number of nitrogens with zero attached hydrogens (tertiary/aromatic N) is 1. The number of thiazole rings is 1. The molecular weight excluding hydrogens is 296 g/mol. The Morgan fingerprint density at radius 2 is 2.00 bits per heavy atom. The number of hydrogen-bond acceptors (Lipinski definition) is 5. The molecule has 0 aliphatic heterocycles. The van der Waals surface area contributed by atoms with Crippen LogP contribution in [-0.4, -0.2) is 18.5 Å². The minimum absolute atomic E-state index is 0.104. The first-order chi connectivity index (χ1) is 9.55. The molecular formula is C13H16N2O3S2. The van der Waals surface area contributed by atoms with E-state index in [0.29, 0.717) is 5.56 Å². The maximum Gasteiger partial charge on any atom is 0.240 e. The second-order valence-electron chi connectivity index (χ2n) is 4.20. The zero-order chi connectivity index (χ0) is 14.6. The Bertz CT molecular complexity index is 663. The average molecular weight is 312 g/mol. The van der Waals surface area contributed by atoms with Gasteiger partial charge in [-0.15, -0.1) is 11.3 Å². The van der Waals surface area contributed by atoms with Crippen molar-refractivity contribution in [1.82, 2.24) is 9.71 Å². The second-order valence-corrected chi connectivity index (χ2v) is 7.17. The third-order valence-corrected chi connectivity index (χ3v) is 5.34. The molecule has 20 heavy (non-hydrogen) atoms. The molecule has 1 aromatic heterocycles. The summed E-state index contributed by atoms with van der Waals surface area (Å²) in [6.45, 7) is 2.12. The van der Waals surface area contributed by atoms with Gasteiger partial charge in [-0.05, 0) is 24.1 Å². The summed E-state index contributed by atoms with van der Waals surface area (Å²) in [6.07, 6.45) is 2.66. The van der Waals surface area contributed by atoms with Crippen LogP contribution in [0.25, 0.3) is 0 Å². The molecule has 7 heteroatoms. The summed E-state index contributed by atoms with van der Waals surface area (Å²) >= 11 is 1.50. The fraction of sp³-hybridized carbons (Fsp3) is 0.308. The minimum Gasteiger partial charge on any atom is -0.392 e. The molecule has 2 rings (SSSR count). The molecule has 0 radical (unpaired) electrons. The van der Waals surface area contributed by atoms with E-state index in [4.69, 9.17) is 5.11 Å². The van der Waals surface area contributed by atoms with Crippen LogP contribution in [0.15, 0.2) is 35.4 Å². The average Bonchev–Trinajstić information content (AvgIpc) is 2.93. The van der Waals surface area contributed by atoms with E-state index in [9.17, 15) is 8.42 Å².